The number of rotatable bonds is 5. The number of nitro groups is 1. The SMILES string of the molecule is O=C1C(c2ccccc2)C(c2ccccc2)=NN1Cc1ccc([N+](=O)[O-])cc1. The quantitative estimate of drug-likeness (QED) is 0.500. The molecule has 1 aliphatic heterocycles. The molecule has 0 bridgehead atoms. The molecule has 1 unspecified atom stereocenters. The first-order chi connectivity index (χ1) is 13.6. The summed E-state index contributed by atoms with van der Waals surface area (Å²) >= 11 is 0. The van der Waals surface area contributed by atoms with Crippen LogP contribution in [0.25, 0.3) is 0 Å². The second kappa shape index (κ2) is 7.44. The first-order valence-electron chi connectivity index (χ1n) is 8.87. The Morgan fingerprint density at radius 2 is 1.50 bits per heavy atom. The molecule has 1 heterocycles. The Kier molecular flexibility index (Phi) is 4.68. The largest absolute Gasteiger partial charge is 0.272 e. The predicted octanol–water partition coefficient (Wildman–Crippen LogP) is 4.13. The van der Waals surface area contributed by atoms with Crippen molar-refractivity contribution in [1.82, 2.24) is 5.01 Å². The zero-order valence-corrected chi connectivity index (χ0v) is 14.9. The molecule has 0 fully saturated rings. The van der Waals surface area contributed by atoms with Gasteiger partial charge in [-0.2, -0.15) is 5.10 Å². The highest BCUT2D eigenvalue weighted by Crippen LogP contribution is 2.31. The van der Waals surface area contributed by atoms with Crippen LogP contribution in [0, 0.1) is 10.1 Å². The van der Waals surface area contributed by atoms with Gasteiger partial charge < -0.3 is 0 Å². The van der Waals surface area contributed by atoms with Crippen LogP contribution in [0.15, 0.2) is 90.0 Å². The molecule has 0 radical (unpaired) electrons. The molecule has 6 nitrogen and oxygen atoms in total. The Morgan fingerprint density at radius 1 is 0.893 bits per heavy atom. The third kappa shape index (κ3) is 3.40. The Balaban J connectivity index is 1.67. The zero-order valence-electron chi connectivity index (χ0n) is 14.9. The number of benzene rings is 3. The average molecular weight is 371 g/mol. The fourth-order valence-corrected chi connectivity index (χ4v) is 3.29. The van der Waals surface area contributed by atoms with E-state index >= 15 is 0 Å². The Labute approximate surface area is 161 Å². The minimum absolute atomic E-state index is 0.0205. The van der Waals surface area contributed by atoms with Crippen molar-refractivity contribution in [2.24, 2.45) is 5.10 Å². The van der Waals surface area contributed by atoms with Gasteiger partial charge in [0.05, 0.1) is 17.2 Å². The van der Waals surface area contributed by atoms with Crippen LogP contribution in [0.3, 0.4) is 0 Å². The van der Waals surface area contributed by atoms with Gasteiger partial charge in [-0.25, -0.2) is 5.01 Å². The second-order valence-electron chi connectivity index (χ2n) is 6.51. The minimum atomic E-state index is -0.471. The van der Waals surface area contributed by atoms with Gasteiger partial charge in [-0.15, -0.1) is 0 Å². The molecule has 6 heteroatoms. The summed E-state index contributed by atoms with van der Waals surface area (Å²) in [6.07, 6.45) is 0. The third-order valence-electron chi connectivity index (χ3n) is 4.69. The normalized spacial score (nSPS) is 16.1. The maximum Gasteiger partial charge on any atom is 0.269 e. The lowest BCUT2D eigenvalue weighted by Gasteiger charge is -2.15. The topological polar surface area (TPSA) is 75.8 Å². The lowest BCUT2D eigenvalue weighted by atomic mass is 9.90. The first-order valence-corrected chi connectivity index (χ1v) is 8.87. The Bertz CT molecular complexity index is 1030. The summed E-state index contributed by atoms with van der Waals surface area (Å²) < 4.78 is 0. The van der Waals surface area contributed by atoms with Crippen LogP contribution in [-0.2, 0) is 11.3 Å². The molecule has 3 aromatic rings. The van der Waals surface area contributed by atoms with E-state index in [0.717, 1.165) is 16.7 Å². The molecule has 1 aliphatic rings. The number of hydrogen-bond donors (Lipinski definition) is 0. The van der Waals surface area contributed by atoms with Gasteiger partial charge in [-0.1, -0.05) is 72.8 Å². The molecule has 0 aliphatic carbocycles. The lowest BCUT2D eigenvalue weighted by molar-refractivity contribution is -0.384. The summed E-state index contributed by atoms with van der Waals surface area (Å²) in [6, 6.07) is 25.4. The van der Waals surface area contributed by atoms with Crippen LogP contribution in [0.1, 0.15) is 22.6 Å². The Morgan fingerprint density at radius 3 is 2.11 bits per heavy atom. The van der Waals surface area contributed by atoms with Crippen molar-refractivity contribution in [3.8, 4) is 0 Å². The summed E-state index contributed by atoms with van der Waals surface area (Å²) in [5.41, 5.74) is 3.30. The standard InChI is InChI=1S/C22H17N3O3/c26-22-20(17-7-3-1-4-8-17)21(18-9-5-2-6-10-18)23-24(22)15-16-11-13-19(14-12-16)25(27)28/h1-14,20H,15H2. The van der Waals surface area contributed by atoms with Crippen LogP contribution >= 0.6 is 0 Å². The van der Waals surface area contributed by atoms with Crippen LogP contribution in [0.4, 0.5) is 5.69 Å². The van der Waals surface area contributed by atoms with Gasteiger partial charge >= 0.3 is 0 Å². The summed E-state index contributed by atoms with van der Waals surface area (Å²) in [6.45, 7) is 0.260. The number of nitrogens with zero attached hydrogens (tertiary/aromatic N) is 3. The number of carbonyl (C=O) groups excluding carboxylic acids is 1. The van der Waals surface area contributed by atoms with E-state index < -0.39 is 10.8 Å². The number of hydrogen-bond acceptors (Lipinski definition) is 4. The maximum atomic E-state index is 13.2. The van der Waals surface area contributed by atoms with E-state index in [1.807, 2.05) is 60.7 Å². The van der Waals surface area contributed by atoms with Crippen molar-refractivity contribution in [2.75, 3.05) is 0 Å². The number of hydrazone groups is 1. The van der Waals surface area contributed by atoms with E-state index in [1.165, 1.54) is 17.1 Å². The third-order valence-corrected chi connectivity index (χ3v) is 4.69. The molecule has 0 aromatic heterocycles. The molecule has 0 spiro atoms. The van der Waals surface area contributed by atoms with Crippen molar-refractivity contribution >= 4 is 17.3 Å². The summed E-state index contributed by atoms with van der Waals surface area (Å²) in [4.78, 5) is 23.6. The van der Waals surface area contributed by atoms with Crippen LogP contribution in [0.5, 0.6) is 0 Å². The number of non-ortho nitro benzene ring substituents is 1. The smallest absolute Gasteiger partial charge is 0.269 e. The highest BCUT2D eigenvalue weighted by molar-refractivity contribution is 6.20. The maximum absolute atomic E-state index is 13.2. The van der Waals surface area contributed by atoms with Crippen molar-refractivity contribution in [2.45, 2.75) is 12.5 Å². The lowest BCUT2D eigenvalue weighted by Crippen LogP contribution is -2.26. The molecule has 1 atom stereocenters. The second-order valence-corrected chi connectivity index (χ2v) is 6.51. The summed E-state index contributed by atoms with van der Waals surface area (Å²) in [5, 5.41) is 16.9. The van der Waals surface area contributed by atoms with Gasteiger partial charge in [-0.3, -0.25) is 14.9 Å². The van der Waals surface area contributed by atoms with Gasteiger partial charge in [0.2, 0.25) is 0 Å². The van der Waals surface area contributed by atoms with E-state index in [4.69, 9.17) is 0 Å². The van der Waals surface area contributed by atoms with Gasteiger partial charge in [0, 0.05) is 12.1 Å². The van der Waals surface area contributed by atoms with E-state index in [9.17, 15) is 14.9 Å². The van der Waals surface area contributed by atoms with Gasteiger partial charge in [0.25, 0.3) is 11.6 Å². The zero-order chi connectivity index (χ0) is 19.5. The van der Waals surface area contributed by atoms with Crippen LogP contribution < -0.4 is 0 Å². The van der Waals surface area contributed by atoms with E-state index in [2.05, 4.69) is 5.10 Å². The van der Waals surface area contributed by atoms with Gasteiger partial charge in [0.1, 0.15) is 5.92 Å². The fraction of sp³-hybridized carbons (Fsp3) is 0.0909. The van der Waals surface area contributed by atoms with E-state index in [1.54, 1.807) is 12.1 Å². The van der Waals surface area contributed by atoms with Crippen LogP contribution in [-0.4, -0.2) is 21.6 Å². The molecular weight excluding hydrogens is 354 g/mol. The van der Waals surface area contributed by atoms with Gasteiger partial charge in [-0.05, 0) is 16.7 Å². The molecule has 0 N–H and O–H groups in total. The molecule has 1 amide bonds. The van der Waals surface area contributed by atoms with Crippen molar-refractivity contribution < 1.29 is 9.72 Å². The average Bonchev–Trinajstić information content (AvgIpc) is 3.06. The molecule has 138 valence electrons. The number of nitro benzene ring substituents is 1. The van der Waals surface area contributed by atoms with Crippen molar-refractivity contribution in [1.29, 1.82) is 0 Å². The van der Waals surface area contributed by atoms with Gasteiger partial charge in [0.15, 0.2) is 0 Å². The molecule has 3 aromatic carbocycles. The molecule has 4 rings (SSSR count). The molecule has 28 heavy (non-hydrogen) atoms. The number of carbonyl (C=O) groups is 1. The molecule has 0 saturated heterocycles. The van der Waals surface area contributed by atoms with Crippen molar-refractivity contribution in [3.05, 3.63) is 112 Å². The van der Waals surface area contributed by atoms with E-state index in [-0.39, 0.29) is 18.1 Å². The van der Waals surface area contributed by atoms with Crippen molar-refractivity contribution in [3.63, 3.8) is 0 Å². The summed E-state index contributed by atoms with van der Waals surface area (Å²) in [7, 11) is 0. The highest BCUT2D eigenvalue weighted by atomic mass is 16.6. The summed E-state index contributed by atoms with van der Waals surface area (Å²) in [5.74, 6) is -0.579. The molecule has 0 saturated carbocycles. The number of amides is 1. The monoisotopic (exact) mass is 371 g/mol. The van der Waals surface area contributed by atoms with E-state index in [0.29, 0.717) is 5.71 Å². The molecular formula is C22H17N3O3. The predicted molar refractivity (Wildman–Crippen MR) is 106 cm³/mol. The highest BCUT2D eigenvalue weighted by Gasteiger charge is 2.37. The Hall–Kier alpha value is -3.80. The first kappa shape index (κ1) is 17.6. The minimum Gasteiger partial charge on any atom is -0.272 e. The van der Waals surface area contributed by atoms with Crippen LogP contribution in [0.2, 0.25) is 0 Å². The fourth-order valence-electron chi connectivity index (χ4n) is 3.29.